The Balaban J connectivity index is 2.07. The summed E-state index contributed by atoms with van der Waals surface area (Å²) in [4.78, 5) is 11.6. The van der Waals surface area contributed by atoms with Crippen LogP contribution in [0.5, 0.6) is 5.75 Å². The lowest BCUT2D eigenvalue weighted by Gasteiger charge is -2.13. The van der Waals surface area contributed by atoms with E-state index in [0.29, 0.717) is 17.4 Å². The molecule has 3 nitrogen and oxygen atoms in total. The molecule has 1 aromatic rings. The van der Waals surface area contributed by atoms with E-state index in [2.05, 4.69) is 0 Å². The third-order valence-electron chi connectivity index (χ3n) is 1.89. The fourth-order valence-corrected chi connectivity index (χ4v) is 1.94. The molecular weight excluding hydrogens is 248 g/mol. The van der Waals surface area contributed by atoms with E-state index in [1.54, 1.807) is 29.7 Å². The first-order chi connectivity index (χ1) is 7.77. The highest BCUT2D eigenvalue weighted by Gasteiger charge is 2.17. The average molecular weight is 257 g/mol. The molecule has 5 heteroatoms. The molecule has 2 rings (SSSR count). The molecule has 1 aliphatic heterocycles. The molecule has 0 unspecified atom stereocenters. The van der Waals surface area contributed by atoms with Crippen LogP contribution in [-0.2, 0) is 9.53 Å². The molecule has 0 aromatic heterocycles. The lowest BCUT2D eigenvalue weighted by molar-refractivity contribution is -0.133. The molecule has 0 radical (unpaired) electrons. The third-order valence-corrected chi connectivity index (χ3v) is 2.98. The van der Waals surface area contributed by atoms with Crippen molar-refractivity contribution in [1.29, 1.82) is 0 Å². The van der Waals surface area contributed by atoms with Gasteiger partial charge in [0.15, 0.2) is 0 Å². The summed E-state index contributed by atoms with van der Waals surface area (Å²) >= 11 is 7.39. The SMILES string of the molecule is O=C(Oc1ccccc1Cl)C1=CSCCO1. The van der Waals surface area contributed by atoms with Gasteiger partial charge in [0, 0.05) is 11.2 Å². The van der Waals surface area contributed by atoms with Gasteiger partial charge in [-0.3, -0.25) is 0 Å². The van der Waals surface area contributed by atoms with Crippen LogP contribution < -0.4 is 4.74 Å². The van der Waals surface area contributed by atoms with E-state index >= 15 is 0 Å². The van der Waals surface area contributed by atoms with Crippen molar-refractivity contribution in [2.75, 3.05) is 12.4 Å². The molecule has 0 saturated heterocycles. The molecular formula is C11H9ClO3S. The highest BCUT2D eigenvalue weighted by atomic mass is 35.5. The van der Waals surface area contributed by atoms with Gasteiger partial charge in [-0.05, 0) is 12.1 Å². The smallest absolute Gasteiger partial charge is 0.379 e. The van der Waals surface area contributed by atoms with Crippen LogP contribution in [-0.4, -0.2) is 18.3 Å². The van der Waals surface area contributed by atoms with Crippen LogP contribution in [0, 0.1) is 0 Å². The summed E-state index contributed by atoms with van der Waals surface area (Å²) in [5.74, 6) is 0.911. The number of carbonyl (C=O) groups excluding carboxylic acids is 1. The highest BCUT2D eigenvalue weighted by molar-refractivity contribution is 8.02. The quantitative estimate of drug-likeness (QED) is 0.602. The Labute approximate surface area is 102 Å². The molecule has 1 aromatic carbocycles. The summed E-state index contributed by atoms with van der Waals surface area (Å²) in [5, 5.41) is 2.06. The number of carbonyl (C=O) groups is 1. The van der Waals surface area contributed by atoms with Gasteiger partial charge in [-0.1, -0.05) is 23.7 Å². The van der Waals surface area contributed by atoms with Crippen molar-refractivity contribution in [2.24, 2.45) is 0 Å². The van der Waals surface area contributed by atoms with Crippen LogP contribution in [0.2, 0.25) is 5.02 Å². The summed E-state index contributed by atoms with van der Waals surface area (Å²) in [6, 6.07) is 6.82. The topological polar surface area (TPSA) is 35.5 Å². The Morgan fingerprint density at radius 2 is 2.25 bits per heavy atom. The van der Waals surface area contributed by atoms with Gasteiger partial charge >= 0.3 is 5.97 Å². The molecule has 1 heterocycles. The van der Waals surface area contributed by atoms with Gasteiger partial charge in [0.1, 0.15) is 5.75 Å². The van der Waals surface area contributed by atoms with Crippen LogP contribution in [0.1, 0.15) is 0 Å². The van der Waals surface area contributed by atoms with Gasteiger partial charge in [-0.15, -0.1) is 11.8 Å². The molecule has 0 amide bonds. The van der Waals surface area contributed by atoms with Gasteiger partial charge in [0.25, 0.3) is 0 Å². The van der Waals surface area contributed by atoms with Crippen LogP contribution in [0.4, 0.5) is 0 Å². The van der Waals surface area contributed by atoms with E-state index in [1.807, 2.05) is 0 Å². The van der Waals surface area contributed by atoms with Crippen molar-refractivity contribution in [3.63, 3.8) is 0 Å². The predicted molar refractivity (Wildman–Crippen MR) is 63.6 cm³/mol. The summed E-state index contributed by atoms with van der Waals surface area (Å²) in [7, 11) is 0. The zero-order chi connectivity index (χ0) is 11.4. The zero-order valence-corrected chi connectivity index (χ0v) is 9.88. The Morgan fingerprint density at radius 1 is 1.44 bits per heavy atom. The number of hydrogen-bond donors (Lipinski definition) is 0. The van der Waals surface area contributed by atoms with Crippen LogP contribution >= 0.6 is 23.4 Å². The number of rotatable bonds is 2. The molecule has 0 N–H and O–H groups in total. The average Bonchev–Trinajstić information content (AvgIpc) is 2.33. The van der Waals surface area contributed by atoms with Crippen molar-refractivity contribution in [3.8, 4) is 5.75 Å². The maximum Gasteiger partial charge on any atom is 0.379 e. The molecule has 0 atom stereocenters. The molecule has 16 heavy (non-hydrogen) atoms. The van der Waals surface area contributed by atoms with Crippen molar-refractivity contribution in [3.05, 3.63) is 40.5 Å². The number of ether oxygens (including phenoxy) is 2. The predicted octanol–water partition coefficient (Wildman–Crippen LogP) is 2.85. The Kier molecular flexibility index (Phi) is 3.74. The molecule has 0 bridgehead atoms. The molecule has 0 saturated carbocycles. The van der Waals surface area contributed by atoms with E-state index < -0.39 is 5.97 Å². The summed E-state index contributed by atoms with van der Waals surface area (Å²) in [5.41, 5.74) is 0. The second-order valence-corrected chi connectivity index (χ2v) is 4.41. The van der Waals surface area contributed by atoms with E-state index in [-0.39, 0.29) is 5.76 Å². The molecule has 0 spiro atoms. The number of halogens is 1. The molecule has 0 aliphatic carbocycles. The molecule has 1 aliphatic rings. The van der Waals surface area contributed by atoms with Crippen molar-refractivity contribution in [2.45, 2.75) is 0 Å². The second-order valence-electron chi connectivity index (χ2n) is 3.02. The highest BCUT2D eigenvalue weighted by Crippen LogP contribution is 2.25. The number of esters is 1. The minimum absolute atomic E-state index is 0.233. The first-order valence-corrected chi connectivity index (χ1v) is 6.11. The maximum atomic E-state index is 11.6. The second kappa shape index (κ2) is 5.27. The van der Waals surface area contributed by atoms with Gasteiger partial charge in [-0.2, -0.15) is 0 Å². The number of thioether (sulfide) groups is 1. The lowest BCUT2D eigenvalue weighted by atomic mass is 10.3. The standard InChI is InChI=1S/C11H9ClO3S/c12-8-3-1-2-4-9(8)15-11(13)10-7-16-6-5-14-10/h1-4,7H,5-6H2. The Morgan fingerprint density at radius 3 is 2.94 bits per heavy atom. The van der Waals surface area contributed by atoms with E-state index in [9.17, 15) is 4.79 Å². The Bertz CT molecular complexity index is 431. The zero-order valence-electron chi connectivity index (χ0n) is 8.31. The van der Waals surface area contributed by atoms with E-state index in [1.165, 1.54) is 11.8 Å². The van der Waals surface area contributed by atoms with Crippen molar-refractivity contribution in [1.82, 2.24) is 0 Å². The first-order valence-electron chi connectivity index (χ1n) is 4.68. The van der Waals surface area contributed by atoms with Crippen LogP contribution in [0.25, 0.3) is 0 Å². The summed E-state index contributed by atoms with van der Waals surface area (Å²) in [6.07, 6.45) is 0. The minimum atomic E-state index is -0.514. The lowest BCUT2D eigenvalue weighted by Crippen LogP contribution is -2.16. The van der Waals surface area contributed by atoms with Crippen molar-refractivity contribution < 1.29 is 14.3 Å². The van der Waals surface area contributed by atoms with Crippen molar-refractivity contribution >= 4 is 29.3 Å². The van der Waals surface area contributed by atoms with Gasteiger partial charge < -0.3 is 9.47 Å². The largest absolute Gasteiger partial charge is 0.485 e. The number of para-hydroxylation sites is 1. The fraction of sp³-hybridized carbons (Fsp3) is 0.182. The van der Waals surface area contributed by atoms with E-state index in [4.69, 9.17) is 21.1 Å². The number of hydrogen-bond acceptors (Lipinski definition) is 4. The summed E-state index contributed by atoms with van der Waals surface area (Å²) in [6.45, 7) is 0.522. The molecule has 0 fully saturated rings. The maximum absolute atomic E-state index is 11.6. The monoisotopic (exact) mass is 256 g/mol. The van der Waals surface area contributed by atoms with Crippen LogP contribution in [0.15, 0.2) is 35.4 Å². The van der Waals surface area contributed by atoms with E-state index in [0.717, 1.165) is 5.75 Å². The van der Waals surface area contributed by atoms with Gasteiger partial charge in [0.2, 0.25) is 5.76 Å². The number of benzene rings is 1. The normalized spacial score (nSPS) is 14.9. The van der Waals surface area contributed by atoms with Gasteiger partial charge in [-0.25, -0.2) is 4.79 Å². The molecule has 84 valence electrons. The Hall–Kier alpha value is -1.13. The first kappa shape index (κ1) is 11.4. The summed E-state index contributed by atoms with van der Waals surface area (Å²) < 4.78 is 10.3. The van der Waals surface area contributed by atoms with Crippen LogP contribution in [0.3, 0.4) is 0 Å². The minimum Gasteiger partial charge on any atom is -0.485 e. The van der Waals surface area contributed by atoms with Gasteiger partial charge in [0.05, 0.1) is 11.6 Å². The third kappa shape index (κ3) is 2.71. The fourth-order valence-electron chi connectivity index (χ4n) is 1.15.